The van der Waals surface area contributed by atoms with Crippen molar-refractivity contribution in [3.8, 4) is 5.75 Å². The number of ether oxygens (including phenoxy) is 1. The lowest BCUT2D eigenvalue weighted by Crippen LogP contribution is -2.31. The molecule has 8 nitrogen and oxygen atoms in total. The minimum atomic E-state index is -0.133. The number of benzene rings is 2. The number of amides is 1. The molecule has 35 heavy (non-hydrogen) atoms. The molecule has 3 heterocycles. The highest BCUT2D eigenvalue weighted by Crippen LogP contribution is 2.21. The number of carbonyl (C=O) groups is 1. The molecule has 2 aromatic carbocycles. The van der Waals surface area contributed by atoms with E-state index >= 15 is 0 Å². The van der Waals surface area contributed by atoms with Crippen LogP contribution < -0.4 is 15.0 Å². The Morgan fingerprint density at radius 2 is 1.71 bits per heavy atom. The van der Waals surface area contributed by atoms with Gasteiger partial charge in [-0.15, -0.1) is 10.2 Å². The summed E-state index contributed by atoms with van der Waals surface area (Å²) in [6.45, 7) is 6.64. The molecule has 0 saturated carbocycles. The molecule has 0 spiro atoms. The molecule has 1 N–H and O–H groups in total. The van der Waals surface area contributed by atoms with Gasteiger partial charge in [-0.3, -0.25) is 9.69 Å². The van der Waals surface area contributed by atoms with Crippen LogP contribution in [-0.4, -0.2) is 64.9 Å². The van der Waals surface area contributed by atoms with E-state index in [1.54, 1.807) is 0 Å². The predicted octanol–water partition coefficient (Wildman–Crippen LogP) is 2.67. The van der Waals surface area contributed by atoms with Crippen LogP contribution in [0.25, 0.3) is 0 Å². The van der Waals surface area contributed by atoms with Gasteiger partial charge < -0.3 is 19.5 Å². The topological polar surface area (TPSA) is 75.5 Å². The normalized spacial score (nSPS) is 16.1. The molecule has 0 unspecified atom stereocenters. The summed E-state index contributed by atoms with van der Waals surface area (Å²) >= 11 is 0. The zero-order valence-electron chi connectivity index (χ0n) is 20.2. The standard InChI is InChI=1S/C27H34N6O2/c34-27(21-35-24-6-2-1-3-7-24)28-14-12-25-29-30-26-13-17-31(18-19-33(25)26)20-22-8-10-23(11-9-22)32-15-4-5-16-32/h1-3,6-11H,4-5,12-21H2,(H,28,34). The maximum atomic E-state index is 12.1. The largest absolute Gasteiger partial charge is 0.484 e. The Kier molecular flexibility index (Phi) is 7.58. The summed E-state index contributed by atoms with van der Waals surface area (Å²) in [6.07, 6.45) is 4.14. The lowest BCUT2D eigenvalue weighted by Gasteiger charge is -2.21. The van der Waals surface area contributed by atoms with Crippen molar-refractivity contribution < 1.29 is 9.53 Å². The van der Waals surface area contributed by atoms with E-state index in [-0.39, 0.29) is 12.5 Å². The summed E-state index contributed by atoms with van der Waals surface area (Å²) in [6, 6.07) is 18.4. The zero-order chi connectivity index (χ0) is 23.9. The summed E-state index contributed by atoms with van der Waals surface area (Å²) in [5.74, 6) is 2.52. The first kappa shape index (κ1) is 23.4. The average molecular weight is 475 g/mol. The maximum Gasteiger partial charge on any atom is 0.257 e. The molecule has 1 aromatic heterocycles. The molecule has 1 fully saturated rings. The lowest BCUT2D eigenvalue weighted by molar-refractivity contribution is -0.123. The number of nitrogens with one attached hydrogen (secondary N) is 1. The molecule has 0 aliphatic carbocycles. The van der Waals surface area contributed by atoms with Gasteiger partial charge in [0.25, 0.3) is 5.91 Å². The summed E-state index contributed by atoms with van der Waals surface area (Å²) < 4.78 is 7.73. The molecule has 8 heteroatoms. The minimum Gasteiger partial charge on any atom is -0.484 e. The first-order valence-electron chi connectivity index (χ1n) is 12.7. The highest BCUT2D eigenvalue weighted by Gasteiger charge is 2.19. The Labute approximate surface area is 206 Å². The molecule has 2 aliphatic heterocycles. The highest BCUT2D eigenvalue weighted by molar-refractivity contribution is 5.77. The second-order valence-corrected chi connectivity index (χ2v) is 9.27. The van der Waals surface area contributed by atoms with Crippen LogP contribution in [0.3, 0.4) is 0 Å². The third-order valence-corrected chi connectivity index (χ3v) is 6.79. The van der Waals surface area contributed by atoms with Gasteiger partial charge in [0.15, 0.2) is 6.61 Å². The van der Waals surface area contributed by atoms with Gasteiger partial charge in [0.1, 0.15) is 17.4 Å². The number of rotatable bonds is 9. The molecule has 3 aromatic rings. The van der Waals surface area contributed by atoms with Crippen LogP contribution >= 0.6 is 0 Å². The number of fused-ring (bicyclic) bond motifs is 1. The van der Waals surface area contributed by atoms with Crippen molar-refractivity contribution in [2.75, 3.05) is 44.2 Å². The average Bonchev–Trinajstić information content (AvgIpc) is 3.52. The molecule has 1 amide bonds. The number of anilines is 1. The van der Waals surface area contributed by atoms with E-state index in [9.17, 15) is 4.79 Å². The summed E-state index contributed by atoms with van der Waals surface area (Å²) in [7, 11) is 0. The van der Waals surface area contributed by atoms with Crippen LogP contribution in [0.15, 0.2) is 54.6 Å². The van der Waals surface area contributed by atoms with E-state index in [2.05, 4.69) is 54.1 Å². The van der Waals surface area contributed by atoms with Crippen LogP contribution in [0.2, 0.25) is 0 Å². The first-order chi connectivity index (χ1) is 17.2. The van der Waals surface area contributed by atoms with Crippen molar-refractivity contribution in [2.24, 2.45) is 0 Å². The summed E-state index contributed by atoms with van der Waals surface area (Å²) in [4.78, 5) is 17.1. The third kappa shape index (κ3) is 6.19. The van der Waals surface area contributed by atoms with Crippen molar-refractivity contribution in [3.05, 3.63) is 71.8 Å². The van der Waals surface area contributed by atoms with Crippen LogP contribution in [0.1, 0.15) is 30.1 Å². The molecular formula is C27H34N6O2. The van der Waals surface area contributed by atoms with Gasteiger partial charge in [0.2, 0.25) is 0 Å². The Balaban J connectivity index is 1.07. The molecule has 2 aliphatic rings. The first-order valence-corrected chi connectivity index (χ1v) is 12.7. The zero-order valence-corrected chi connectivity index (χ0v) is 20.2. The SMILES string of the molecule is O=C(COc1ccccc1)NCCc1nnc2n1CCN(Cc1ccc(N3CCCC3)cc1)CC2. The van der Waals surface area contributed by atoms with E-state index in [1.807, 2.05) is 30.3 Å². The quantitative estimate of drug-likeness (QED) is 0.514. The van der Waals surface area contributed by atoms with Crippen molar-refractivity contribution in [3.63, 3.8) is 0 Å². The molecule has 1 saturated heterocycles. The maximum absolute atomic E-state index is 12.1. The Hall–Kier alpha value is -3.39. The molecule has 5 rings (SSSR count). The Morgan fingerprint density at radius 1 is 0.914 bits per heavy atom. The van der Waals surface area contributed by atoms with Gasteiger partial charge in [-0.2, -0.15) is 0 Å². The number of nitrogens with zero attached hydrogens (tertiary/aromatic N) is 5. The Bertz CT molecular complexity index is 1090. The third-order valence-electron chi connectivity index (χ3n) is 6.79. The molecular weight excluding hydrogens is 440 g/mol. The summed E-state index contributed by atoms with van der Waals surface area (Å²) in [5.41, 5.74) is 2.70. The van der Waals surface area contributed by atoms with E-state index in [1.165, 1.54) is 37.2 Å². The smallest absolute Gasteiger partial charge is 0.257 e. The fourth-order valence-corrected chi connectivity index (χ4v) is 4.85. The predicted molar refractivity (Wildman–Crippen MR) is 136 cm³/mol. The van der Waals surface area contributed by atoms with Gasteiger partial charge in [-0.25, -0.2) is 0 Å². The number of para-hydroxylation sites is 1. The monoisotopic (exact) mass is 474 g/mol. The molecule has 0 radical (unpaired) electrons. The van der Waals surface area contributed by atoms with Gasteiger partial charge in [0, 0.05) is 64.3 Å². The fourth-order valence-electron chi connectivity index (χ4n) is 4.85. The van der Waals surface area contributed by atoms with E-state index in [4.69, 9.17) is 4.74 Å². The number of hydrogen-bond donors (Lipinski definition) is 1. The van der Waals surface area contributed by atoms with Gasteiger partial charge in [0.05, 0.1) is 0 Å². The minimum absolute atomic E-state index is 0.00985. The second kappa shape index (κ2) is 11.4. The Morgan fingerprint density at radius 3 is 2.51 bits per heavy atom. The van der Waals surface area contributed by atoms with E-state index < -0.39 is 0 Å². The second-order valence-electron chi connectivity index (χ2n) is 9.27. The van der Waals surface area contributed by atoms with Crippen molar-refractivity contribution in [1.82, 2.24) is 25.0 Å². The van der Waals surface area contributed by atoms with Crippen molar-refractivity contribution >= 4 is 11.6 Å². The van der Waals surface area contributed by atoms with Gasteiger partial charge >= 0.3 is 0 Å². The highest BCUT2D eigenvalue weighted by atomic mass is 16.5. The molecule has 0 bridgehead atoms. The van der Waals surface area contributed by atoms with Crippen LogP contribution in [0, 0.1) is 0 Å². The molecule has 0 atom stereocenters. The van der Waals surface area contributed by atoms with Crippen molar-refractivity contribution in [2.45, 2.75) is 38.8 Å². The van der Waals surface area contributed by atoms with Crippen LogP contribution in [-0.2, 0) is 30.7 Å². The van der Waals surface area contributed by atoms with Crippen LogP contribution in [0.4, 0.5) is 5.69 Å². The van der Waals surface area contributed by atoms with E-state index in [0.717, 1.165) is 44.2 Å². The lowest BCUT2D eigenvalue weighted by atomic mass is 10.2. The van der Waals surface area contributed by atoms with Gasteiger partial charge in [-0.1, -0.05) is 30.3 Å². The van der Waals surface area contributed by atoms with Gasteiger partial charge in [-0.05, 0) is 42.7 Å². The number of aromatic nitrogens is 3. The summed E-state index contributed by atoms with van der Waals surface area (Å²) in [5, 5.41) is 11.7. The van der Waals surface area contributed by atoms with Crippen LogP contribution in [0.5, 0.6) is 5.75 Å². The molecule has 184 valence electrons. The van der Waals surface area contributed by atoms with E-state index in [0.29, 0.717) is 18.7 Å². The number of hydrogen-bond acceptors (Lipinski definition) is 6. The van der Waals surface area contributed by atoms with Crippen molar-refractivity contribution in [1.29, 1.82) is 0 Å². The fraction of sp³-hybridized carbons (Fsp3) is 0.444. The number of carbonyl (C=O) groups excluding carboxylic acids is 1.